The molecule has 1 aliphatic heterocycles. The summed E-state index contributed by atoms with van der Waals surface area (Å²) in [4.78, 5) is 4.84. The highest BCUT2D eigenvalue weighted by Gasteiger charge is 2.28. The molecule has 4 nitrogen and oxygen atoms in total. The van der Waals surface area contributed by atoms with Crippen molar-refractivity contribution in [2.75, 3.05) is 0 Å². The number of halogens is 1. The van der Waals surface area contributed by atoms with Crippen molar-refractivity contribution >= 4 is 21.6 Å². The Balaban J connectivity index is 1.75. The van der Waals surface area contributed by atoms with Gasteiger partial charge in [-0.3, -0.25) is 10.3 Å². The smallest absolute Gasteiger partial charge is 0.159 e. The molecule has 3 aromatic rings. The maximum Gasteiger partial charge on any atom is 0.159 e. The van der Waals surface area contributed by atoms with Gasteiger partial charge in [-0.15, -0.1) is 0 Å². The second-order valence-corrected chi connectivity index (χ2v) is 6.90. The monoisotopic (exact) mass is 396 g/mol. The van der Waals surface area contributed by atoms with Crippen molar-refractivity contribution in [1.82, 2.24) is 5.32 Å². The molecule has 4 rings (SSSR count). The quantitative estimate of drug-likeness (QED) is 0.656. The van der Waals surface area contributed by atoms with Gasteiger partial charge in [-0.05, 0) is 35.9 Å². The normalized spacial score (nSPS) is 20.3. The zero-order valence-corrected chi connectivity index (χ0v) is 15.0. The van der Waals surface area contributed by atoms with Gasteiger partial charge in [0.25, 0.3) is 0 Å². The van der Waals surface area contributed by atoms with Crippen LogP contribution in [0.15, 0.2) is 80.8 Å². The Kier molecular flexibility index (Phi) is 4.42. The summed E-state index contributed by atoms with van der Waals surface area (Å²) in [6.07, 6.45) is 2.04. The molecule has 2 heterocycles. The minimum Gasteiger partial charge on any atom is -0.508 e. The van der Waals surface area contributed by atoms with Crippen molar-refractivity contribution in [2.24, 2.45) is 4.99 Å². The SMILES string of the molecule is Oc1ccc(Br)cc1[C@@H]1CC(c2ccccc2)=N[C@@H](c2ccco2)N1. The van der Waals surface area contributed by atoms with Crippen LogP contribution in [0.2, 0.25) is 0 Å². The van der Waals surface area contributed by atoms with E-state index in [2.05, 4.69) is 33.4 Å². The number of phenols is 1. The number of hydrogen-bond acceptors (Lipinski definition) is 4. The maximum absolute atomic E-state index is 10.3. The van der Waals surface area contributed by atoms with Gasteiger partial charge in [-0.25, -0.2) is 0 Å². The van der Waals surface area contributed by atoms with E-state index in [1.165, 1.54) is 0 Å². The van der Waals surface area contributed by atoms with Crippen LogP contribution in [-0.2, 0) is 0 Å². The average Bonchev–Trinajstić information content (AvgIpc) is 3.19. The number of nitrogens with zero attached hydrogens (tertiary/aromatic N) is 1. The Bertz CT molecular complexity index is 891. The van der Waals surface area contributed by atoms with Gasteiger partial charge in [-0.1, -0.05) is 46.3 Å². The van der Waals surface area contributed by atoms with E-state index in [1.807, 2.05) is 42.5 Å². The van der Waals surface area contributed by atoms with Crippen LogP contribution >= 0.6 is 15.9 Å². The number of furan rings is 1. The first-order valence-electron chi connectivity index (χ1n) is 8.10. The van der Waals surface area contributed by atoms with Gasteiger partial charge in [0.2, 0.25) is 0 Å². The summed E-state index contributed by atoms with van der Waals surface area (Å²) in [5.74, 6) is 1.03. The highest BCUT2D eigenvalue weighted by Crippen LogP contribution is 2.35. The van der Waals surface area contributed by atoms with Crippen molar-refractivity contribution in [3.8, 4) is 5.75 Å². The molecule has 0 unspecified atom stereocenters. The van der Waals surface area contributed by atoms with E-state index in [0.29, 0.717) is 6.42 Å². The molecule has 1 aromatic heterocycles. The largest absolute Gasteiger partial charge is 0.508 e. The van der Waals surface area contributed by atoms with Gasteiger partial charge >= 0.3 is 0 Å². The number of phenolic OH excluding ortho intramolecular Hbond substituents is 1. The minimum absolute atomic E-state index is 0.0692. The molecule has 5 heteroatoms. The van der Waals surface area contributed by atoms with Gasteiger partial charge in [-0.2, -0.15) is 0 Å². The number of hydrogen-bond donors (Lipinski definition) is 2. The molecule has 2 atom stereocenters. The average molecular weight is 397 g/mol. The molecule has 2 N–H and O–H groups in total. The molecule has 0 spiro atoms. The van der Waals surface area contributed by atoms with E-state index in [4.69, 9.17) is 9.41 Å². The summed E-state index contributed by atoms with van der Waals surface area (Å²) < 4.78 is 6.48. The van der Waals surface area contributed by atoms with Crippen molar-refractivity contribution in [1.29, 1.82) is 0 Å². The lowest BCUT2D eigenvalue weighted by atomic mass is 9.94. The van der Waals surface area contributed by atoms with Crippen LogP contribution in [0.1, 0.15) is 35.5 Å². The molecule has 0 saturated heterocycles. The van der Waals surface area contributed by atoms with E-state index < -0.39 is 0 Å². The number of aromatic hydroxyl groups is 1. The molecule has 0 radical (unpaired) electrons. The molecular formula is C20H17BrN2O2. The van der Waals surface area contributed by atoms with Gasteiger partial charge < -0.3 is 9.52 Å². The van der Waals surface area contributed by atoms with Gasteiger partial charge in [0, 0.05) is 28.2 Å². The van der Waals surface area contributed by atoms with Crippen LogP contribution < -0.4 is 5.32 Å². The second-order valence-electron chi connectivity index (χ2n) is 5.99. The summed E-state index contributed by atoms with van der Waals surface area (Å²) in [5, 5.41) is 13.8. The van der Waals surface area contributed by atoms with Crippen LogP contribution in [-0.4, -0.2) is 10.8 Å². The van der Waals surface area contributed by atoms with Crippen molar-refractivity contribution in [2.45, 2.75) is 18.6 Å². The Morgan fingerprint density at radius 3 is 2.68 bits per heavy atom. The zero-order valence-electron chi connectivity index (χ0n) is 13.4. The lowest BCUT2D eigenvalue weighted by molar-refractivity contribution is 0.364. The highest BCUT2D eigenvalue weighted by molar-refractivity contribution is 9.10. The molecule has 0 bridgehead atoms. The third-order valence-corrected chi connectivity index (χ3v) is 4.82. The Morgan fingerprint density at radius 2 is 1.92 bits per heavy atom. The number of nitrogens with one attached hydrogen (secondary N) is 1. The van der Waals surface area contributed by atoms with E-state index in [-0.39, 0.29) is 18.0 Å². The predicted octanol–water partition coefficient (Wildman–Crippen LogP) is 4.97. The first-order chi connectivity index (χ1) is 12.2. The topological polar surface area (TPSA) is 57.8 Å². The van der Waals surface area contributed by atoms with Crippen LogP contribution in [0, 0.1) is 0 Å². The molecular weight excluding hydrogens is 380 g/mol. The molecule has 1 aliphatic rings. The first-order valence-corrected chi connectivity index (χ1v) is 8.90. The maximum atomic E-state index is 10.3. The van der Waals surface area contributed by atoms with E-state index in [1.54, 1.807) is 12.3 Å². The molecule has 0 saturated carbocycles. The molecule has 0 aliphatic carbocycles. The third kappa shape index (κ3) is 3.38. The molecule has 25 heavy (non-hydrogen) atoms. The van der Waals surface area contributed by atoms with Crippen molar-refractivity contribution in [3.63, 3.8) is 0 Å². The second kappa shape index (κ2) is 6.86. The van der Waals surface area contributed by atoms with Crippen molar-refractivity contribution < 1.29 is 9.52 Å². The predicted molar refractivity (Wildman–Crippen MR) is 101 cm³/mol. The van der Waals surface area contributed by atoms with Crippen LogP contribution in [0.3, 0.4) is 0 Å². The third-order valence-electron chi connectivity index (χ3n) is 4.33. The summed E-state index contributed by atoms with van der Waals surface area (Å²) in [7, 11) is 0. The Morgan fingerprint density at radius 1 is 1.08 bits per heavy atom. The first kappa shape index (κ1) is 16.1. The van der Waals surface area contributed by atoms with Gasteiger partial charge in [0.05, 0.1) is 6.26 Å². The fourth-order valence-corrected chi connectivity index (χ4v) is 3.49. The van der Waals surface area contributed by atoms with Crippen LogP contribution in [0.4, 0.5) is 0 Å². The fourth-order valence-electron chi connectivity index (χ4n) is 3.11. The number of rotatable bonds is 3. The number of benzene rings is 2. The zero-order chi connectivity index (χ0) is 17.2. The van der Waals surface area contributed by atoms with Crippen molar-refractivity contribution in [3.05, 3.63) is 88.3 Å². The van der Waals surface area contributed by atoms with E-state index in [0.717, 1.165) is 27.1 Å². The Hall–Kier alpha value is -2.37. The lowest BCUT2D eigenvalue weighted by Crippen LogP contribution is -2.32. The fraction of sp³-hybridized carbons (Fsp3) is 0.150. The summed E-state index contributed by atoms with van der Waals surface area (Å²) in [5.41, 5.74) is 2.92. The van der Waals surface area contributed by atoms with E-state index in [9.17, 15) is 5.11 Å². The standard InChI is InChI=1S/C20H17BrN2O2/c21-14-8-9-18(24)15(11-14)17-12-16(13-5-2-1-3-6-13)22-20(23-17)19-7-4-10-25-19/h1-11,17,20,23-24H,12H2/t17-,20+/m0/s1. The van der Waals surface area contributed by atoms with Crippen LogP contribution in [0.5, 0.6) is 5.75 Å². The molecule has 2 aromatic carbocycles. The van der Waals surface area contributed by atoms with Gasteiger partial charge in [0.15, 0.2) is 6.17 Å². The summed E-state index contributed by atoms with van der Waals surface area (Å²) in [6.45, 7) is 0. The Labute approximate surface area is 154 Å². The van der Waals surface area contributed by atoms with E-state index >= 15 is 0 Å². The molecule has 126 valence electrons. The summed E-state index contributed by atoms with van der Waals surface area (Å²) in [6, 6.07) is 19.3. The molecule has 0 amide bonds. The van der Waals surface area contributed by atoms with Gasteiger partial charge in [0.1, 0.15) is 11.5 Å². The number of aliphatic imine (C=N–C) groups is 1. The minimum atomic E-state index is -0.290. The lowest BCUT2D eigenvalue weighted by Gasteiger charge is -2.29. The highest BCUT2D eigenvalue weighted by atomic mass is 79.9. The summed E-state index contributed by atoms with van der Waals surface area (Å²) >= 11 is 3.49. The molecule has 0 fully saturated rings. The van der Waals surface area contributed by atoms with Crippen LogP contribution in [0.25, 0.3) is 0 Å².